The lowest BCUT2D eigenvalue weighted by atomic mass is 9.96. The maximum Gasteiger partial charge on any atom is 0.319 e. The monoisotopic (exact) mass is 350 g/mol. The van der Waals surface area contributed by atoms with Crippen LogP contribution < -0.4 is 15.5 Å². The highest BCUT2D eigenvalue weighted by Gasteiger charge is 2.27. The fraction of sp³-hybridized carbons (Fsp3) is 0.429. The molecule has 2 aromatic rings. The number of aromatic nitrogens is 1. The van der Waals surface area contributed by atoms with Crippen molar-refractivity contribution in [2.45, 2.75) is 57.5 Å². The molecule has 5 heteroatoms. The van der Waals surface area contributed by atoms with Crippen LogP contribution in [0.15, 0.2) is 42.6 Å². The Balaban J connectivity index is 1.41. The van der Waals surface area contributed by atoms with E-state index < -0.39 is 0 Å². The summed E-state index contributed by atoms with van der Waals surface area (Å²) >= 11 is 0. The van der Waals surface area contributed by atoms with E-state index in [0.717, 1.165) is 30.8 Å². The molecule has 136 valence electrons. The van der Waals surface area contributed by atoms with Gasteiger partial charge >= 0.3 is 6.03 Å². The van der Waals surface area contributed by atoms with Gasteiger partial charge in [-0.25, -0.2) is 9.78 Å². The number of amides is 2. The number of rotatable bonds is 3. The zero-order valence-corrected chi connectivity index (χ0v) is 15.2. The van der Waals surface area contributed by atoms with E-state index in [9.17, 15) is 4.79 Å². The van der Waals surface area contributed by atoms with Gasteiger partial charge in [-0.2, -0.15) is 0 Å². The van der Waals surface area contributed by atoms with Crippen molar-refractivity contribution >= 4 is 23.2 Å². The number of nitrogens with zero attached hydrogens (tertiary/aromatic N) is 2. The third kappa shape index (κ3) is 3.52. The van der Waals surface area contributed by atoms with Gasteiger partial charge in [0.05, 0.1) is 11.9 Å². The fourth-order valence-electron chi connectivity index (χ4n) is 4.12. The van der Waals surface area contributed by atoms with Gasteiger partial charge in [-0.15, -0.1) is 0 Å². The van der Waals surface area contributed by atoms with Gasteiger partial charge in [0.2, 0.25) is 0 Å². The smallest absolute Gasteiger partial charge is 0.319 e. The Morgan fingerprint density at radius 2 is 1.92 bits per heavy atom. The molecule has 2 heterocycles. The summed E-state index contributed by atoms with van der Waals surface area (Å²) < 4.78 is 0. The summed E-state index contributed by atoms with van der Waals surface area (Å²) in [6, 6.07) is 12.9. The first kappa shape index (κ1) is 16.9. The van der Waals surface area contributed by atoms with Crippen LogP contribution in [0.25, 0.3) is 0 Å². The van der Waals surface area contributed by atoms with E-state index in [1.807, 2.05) is 12.1 Å². The van der Waals surface area contributed by atoms with Crippen molar-refractivity contribution < 1.29 is 4.79 Å². The van der Waals surface area contributed by atoms with Crippen molar-refractivity contribution in [1.29, 1.82) is 0 Å². The number of para-hydroxylation sites is 1. The van der Waals surface area contributed by atoms with Crippen LogP contribution in [0.2, 0.25) is 0 Å². The molecule has 2 amide bonds. The Bertz CT molecular complexity index is 768. The van der Waals surface area contributed by atoms with Crippen LogP contribution >= 0.6 is 0 Å². The molecule has 1 unspecified atom stereocenters. The van der Waals surface area contributed by atoms with Gasteiger partial charge < -0.3 is 15.5 Å². The van der Waals surface area contributed by atoms with Gasteiger partial charge in [-0.05, 0) is 49.9 Å². The molecule has 5 nitrogen and oxygen atoms in total. The van der Waals surface area contributed by atoms with Gasteiger partial charge in [0.25, 0.3) is 0 Å². The van der Waals surface area contributed by atoms with E-state index >= 15 is 0 Å². The van der Waals surface area contributed by atoms with Gasteiger partial charge in [0.15, 0.2) is 0 Å². The summed E-state index contributed by atoms with van der Waals surface area (Å²) in [7, 11) is 0. The second-order valence-electron chi connectivity index (χ2n) is 7.39. The van der Waals surface area contributed by atoms with E-state index in [1.54, 1.807) is 6.20 Å². The SMILES string of the molecule is CC1Cc2ccccc2N1c1ccc(NC(=O)NC2CCCCC2)cn1. The standard InChI is InChI=1S/C21H26N4O/c1-15-13-16-7-5-6-10-19(16)25(15)20-12-11-18(14-22-20)24-21(26)23-17-8-3-2-4-9-17/h5-7,10-12,14-15,17H,2-4,8-9,13H2,1H3,(H2,23,24,26). The Kier molecular flexibility index (Phi) is 4.78. The summed E-state index contributed by atoms with van der Waals surface area (Å²) in [5.41, 5.74) is 3.31. The predicted molar refractivity (Wildman–Crippen MR) is 105 cm³/mol. The molecule has 0 saturated heterocycles. The molecule has 1 aromatic carbocycles. The second-order valence-corrected chi connectivity index (χ2v) is 7.39. The van der Waals surface area contributed by atoms with Gasteiger partial charge in [0.1, 0.15) is 5.82 Å². The van der Waals surface area contributed by atoms with Crippen LogP contribution in [0.4, 0.5) is 22.0 Å². The zero-order chi connectivity index (χ0) is 17.9. The molecule has 1 aliphatic carbocycles. The molecule has 1 fully saturated rings. The Morgan fingerprint density at radius 3 is 2.69 bits per heavy atom. The van der Waals surface area contributed by atoms with Crippen LogP contribution in [0, 0.1) is 0 Å². The van der Waals surface area contributed by atoms with Crippen LogP contribution in [0.1, 0.15) is 44.6 Å². The normalized spacial score (nSPS) is 19.9. The minimum absolute atomic E-state index is 0.133. The number of nitrogens with one attached hydrogen (secondary N) is 2. The highest BCUT2D eigenvalue weighted by Crippen LogP contribution is 2.37. The van der Waals surface area contributed by atoms with Crippen LogP contribution in [-0.4, -0.2) is 23.1 Å². The number of pyridine rings is 1. The molecule has 4 rings (SSSR count). The number of hydrogen-bond donors (Lipinski definition) is 2. The number of carbonyl (C=O) groups excluding carboxylic acids is 1. The molecule has 1 atom stereocenters. The topological polar surface area (TPSA) is 57.3 Å². The van der Waals surface area contributed by atoms with E-state index in [1.165, 1.54) is 30.5 Å². The lowest BCUT2D eigenvalue weighted by Crippen LogP contribution is -2.39. The fourth-order valence-corrected chi connectivity index (χ4v) is 4.12. The molecule has 0 radical (unpaired) electrons. The van der Waals surface area contributed by atoms with Crippen molar-refractivity contribution in [2.75, 3.05) is 10.2 Å². The lowest BCUT2D eigenvalue weighted by molar-refractivity contribution is 0.244. The minimum Gasteiger partial charge on any atom is -0.335 e. The van der Waals surface area contributed by atoms with Crippen molar-refractivity contribution in [3.8, 4) is 0 Å². The maximum absolute atomic E-state index is 12.2. The molecule has 0 spiro atoms. The molecule has 1 saturated carbocycles. The minimum atomic E-state index is -0.133. The lowest BCUT2D eigenvalue weighted by Gasteiger charge is -2.24. The molecule has 1 aromatic heterocycles. The average Bonchev–Trinajstić information content (AvgIpc) is 2.99. The second kappa shape index (κ2) is 7.36. The summed E-state index contributed by atoms with van der Waals surface area (Å²) in [5.74, 6) is 0.917. The Morgan fingerprint density at radius 1 is 1.12 bits per heavy atom. The number of fused-ring (bicyclic) bond motifs is 1. The van der Waals surface area contributed by atoms with Crippen molar-refractivity contribution in [3.05, 3.63) is 48.2 Å². The first-order valence-corrected chi connectivity index (χ1v) is 9.61. The summed E-state index contributed by atoms with van der Waals surface area (Å²) in [6.07, 6.45) is 8.62. The number of benzene rings is 1. The van der Waals surface area contributed by atoms with Crippen LogP contribution in [0.3, 0.4) is 0 Å². The first-order valence-electron chi connectivity index (χ1n) is 9.61. The Hall–Kier alpha value is -2.56. The Labute approximate surface area is 154 Å². The molecule has 0 bridgehead atoms. The average molecular weight is 350 g/mol. The van der Waals surface area contributed by atoms with E-state index in [4.69, 9.17) is 0 Å². The number of hydrogen-bond acceptors (Lipinski definition) is 3. The predicted octanol–water partition coefficient (Wildman–Crippen LogP) is 4.62. The molecular weight excluding hydrogens is 324 g/mol. The third-order valence-corrected chi connectivity index (χ3v) is 5.40. The molecule has 2 aliphatic rings. The molecule has 1 aliphatic heterocycles. The highest BCUT2D eigenvalue weighted by atomic mass is 16.2. The van der Waals surface area contributed by atoms with E-state index in [2.05, 4.69) is 51.7 Å². The van der Waals surface area contributed by atoms with Crippen molar-refractivity contribution in [1.82, 2.24) is 10.3 Å². The molecule has 26 heavy (non-hydrogen) atoms. The maximum atomic E-state index is 12.2. The van der Waals surface area contributed by atoms with Gasteiger partial charge in [0, 0.05) is 17.8 Å². The quantitative estimate of drug-likeness (QED) is 0.849. The third-order valence-electron chi connectivity index (χ3n) is 5.40. The van der Waals surface area contributed by atoms with Crippen molar-refractivity contribution in [3.63, 3.8) is 0 Å². The molecular formula is C21H26N4O. The van der Waals surface area contributed by atoms with Gasteiger partial charge in [-0.1, -0.05) is 37.5 Å². The van der Waals surface area contributed by atoms with Crippen LogP contribution in [-0.2, 0) is 6.42 Å². The summed E-state index contributed by atoms with van der Waals surface area (Å²) in [4.78, 5) is 19.0. The first-order chi connectivity index (χ1) is 12.7. The number of anilines is 3. The van der Waals surface area contributed by atoms with E-state index in [0.29, 0.717) is 12.1 Å². The van der Waals surface area contributed by atoms with Gasteiger partial charge in [-0.3, -0.25) is 0 Å². The summed E-state index contributed by atoms with van der Waals surface area (Å²) in [5, 5.41) is 5.98. The highest BCUT2D eigenvalue weighted by molar-refractivity contribution is 5.89. The summed E-state index contributed by atoms with van der Waals surface area (Å²) in [6.45, 7) is 2.21. The number of carbonyl (C=O) groups is 1. The van der Waals surface area contributed by atoms with Crippen molar-refractivity contribution in [2.24, 2.45) is 0 Å². The molecule has 2 N–H and O–H groups in total. The largest absolute Gasteiger partial charge is 0.335 e. The van der Waals surface area contributed by atoms with Crippen LogP contribution in [0.5, 0.6) is 0 Å². The zero-order valence-electron chi connectivity index (χ0n) is 15.2. The van der Waals surface area contributed by atoms with E-state index in [-0.39, 0.29) is 6.03 Å². The number of urea groups is 1.